The molecule has 3 heteroatoms. The van der Waals surface area contributed by atoms with Crippen molar-refractivity contribution < 1.29 is 14.9 Å². The molecule has 5 fully saturated rings. The predicted molar refractivity (Wildman–Crippen MR) is 83.3 cm³/mol. The van der Waals surface area contributed by atoms with Gasteiger partial charge >= 0.3 is 0 Å². The molecule has 4 saturated carbocycles. The molecular weight excluding hydrogens is 276 g/mol. The number of rotatable bonds is 1. The molecule has 124 valence electrons. The van der Waals surface area contributed by atoms with Crippen LogP contribution in [0.15, 0.2) is 0 Å². The summed E-state index contributed by atoms with van der Waals surface area (Å²) < 4.78 is 6.29. The van der Waals surface area contributed by atoms with Gasteiger partial charge in [-0.2, -0.15) is 0 Å². The fourth-order valence-electron chi connectivity index (χ4n) is 7.74. The number of aliphatic hydroxyl groups is 2. The zero-order valence-electron chi connectivity index (χ0n) is 13.8. The molecule has 1 aliphatic heterocycles. The summed E-state index contributed by atoms with van der Waals surface area (Å²) in [6.07, 6.45) is 10.7. The van der Waals surface area contributed by atoms with Gasteiger partial charge in [-0.15, -0.1) is 0 Å². The summed E-state index contributed by atoms with van der Waals surface area (Å²) >= 11 is 0. The summed E-state index contributed by atoms with van der Waals surface area (Å²) in [5.74, 6) is 2.23. The van der Waals surface area contributed by atoms with E-state index in [1.165, 1.54) is 38.5 Å². The Labute approximate surface area is 133 Å². The Hall–Kier alpha value is -0.120. The molecule has 1 spiro atoms. The van der Waals surface area contributed by atoms with Crippen LogP contribution in [0.1, 0.15) is 64.7 Å². The number of aliphatic hydroxyl groups excluding tert-OH is 2. The van der Waals surface area contributed by atoms with E-state index in [1.807, 2.05) is 0 Å². The monoisotopic (exact) mass is 306 g/mol. The summed E-state index contributed by atoms with van der Waals surface area (Å²) in [6, 6.07) is 0. The standard InChI is InChI=1S/C19H30O3/c1-17-6-2-3-14(17)13-9-16-19(22-16)10-12(21)4-8-18(19,11-20)15(13)5-7-17/h12-16,20-21H,2-11H2,1H3/t12?,13-,14-,15+,16?,17-,18-,19?/m0/s1. The predicted octanol–water partition coefficient (Wildman–Crippen LogP) is 2.88. The van der Waals surface area contributed by atoms with E-state index in [0.717, 1.165) is 31.1 Å². The molecule has 1 heterocycles. The van der Waals surface area contributed by atoms with Crippen LogP contribution in [0.25, 0.3) is 0 Å². The van der Waals surface area contributed by atoms with E-state index >= 15 is 0 Å². The van der Waals surface area contributed by atoms with Crippen LogP contribution in [0, 0.1) is 28.6 Å². The molecule has 0 amide bonds. The lowest BCUT2D eigenvalue weighted by Crippen LogP contribution is -2.61. The molecule has 0 aromatic carbocycles. The third kappa shape index (κ3) is 1.49. The lowest BCUT2D eigenvalue weighted by Gasteiger charge is -2.59. The SMILES string of the molecule is C[C@@]12CCC[C@H]1[C@@H]1CC3OC34CC(O)CC[C@]4(CO)[C@@H]1CC2. The Morgan fingerprint density at radius 2 is 1.95 bits per heavy atom. The molecular formula is C19H30O3. The first kappa shape index (κ1) is 14.2. The molecule has 0 bridgehead atoms. The minimum atomic E-state index is -0.221. The highest BCUT2D eigenvalue weighted by Gasteiger charge is 2.77. The van der Waals surface area contributed by atoms with Crippen molar-refractivity contribution in [3.63, 3.8) is 0 Å². The maximum absolute atomic E-state index is 10.4. The Kier molecular flexibility index (Phi) is 2.77. The Morgan fingerprint density at radius 1 is 1.09 bits per heavy atom. The topological polar surface area (TPSA) is 53.0 Å². The summed E-state index contributed by atoms with van der Waals surface area (Å²) in [4.78, 5) is 0. The number of ether oxygens (including phenoxy) is 1. The van der Waals surface area contributed by atoms with E-state index in [-0.39, 0.29) is 23.7 Å². The molecule has 0 radical (unpaired) electrons. The average molecular weight is 306 g/mol. The van der Waals surface area contributed by atoms with E-state index in [0.29, 0.717) is 17.4 Å². The van der Waals surface area contributed by atoms with Gasteiger partial charge in [0.05, 0.1) is 18.8 Å². The Bertz CT molecular complexity index is 493. The summed E-state index contributed by atoms with van der Waals surface area (Å²) in [7, 11) is 0. The molecule has 3 nitrogen and oxygen atoms in total. The fourth-order valence-corrected chi connectivity index (χ4v) is 7.74. The summed E-state index contributed by atoms with van der Waals surface area (Å²) in [5.41, 5.74) is 0.331. The molecule has 5 aliphatic rings. The van der Waals surface area contributed by atoms with Crippen LogP contribution in [0.5, 0.6) is 0 Å². The number of epoxide rings is 1. The van der Waals surface area contributed by atoms with Gasteiger partial charge in [-0.25, -0.2) is 0 Å². The first-order valence-corrected chi connectivity index (χ1v) is 9.51. The fraction of sp³-hybridized carbons (Fsp3) is 1.00. The van der Waals surface area contributed by atoms with E-state index < -0.39 is 0 Å². The summed E-state index contributed by atoms with van der Waals surface area (Å²) in [5, 5.41) is 20.6. The van der Waals surface area contributed by atoms with Crippen LogP contribution in [-0.2, 0) is 4.74 Å². The molecule has 0 aromatic heterocycles. The van der Waals surface area contributed by atoms with E-state index in [1.54, 1.807) is 0 Å². The van der Waals surface area contributed by atoms with Gasteiger partial charge in [-0.1, -0.05) is 13.3 Å². The second-order valence-electron chi connectivity index (χ2n) is 9.40. The minimum absolute atomic E-state index is 0.0519. The lowest BCUT2D eigenvalue weighted by atomic mass is 9.44. The molecule has 3 unspecified atom stereocenters. The van der Waals surface area contributed by atoms with Crippen LogP contribution in [0.3, 0.4) is 0 Å². The first-order valence-electron chi connectivity index (χ1n) is 9.51. The molecule has 4 aliphatic carbocycles. The van der Waals surface area contributed by atoms with Crippen LogP contribution < -0.4 is 0 Å². The number of fused-ring (bicyclic) bond motifs is 4. The Balaban J connectivity index is 1.54. The van der Waals surface area contributed by atoms with Gasteiger partial charge in [0.1, 0.15) is 5.60 Å². The smallest absolute Gasteiger partial charge is 0.105 e. The number of hydrogen-bond donors (Lipinski definition) is 2. The highest BCUT2D eigenvalue weighted by molar-refractivity contribution is 5.25. The van der Waals surface area contributed by atoms with Crippen molar-refractivity contribution in [2.24, 2.45) is 28.6 Å². The average Bonchev–Trinajstić information content (AvgIpc) is 3.03. The molecule has 0 aromatic rings. The molecule has 1 saturated heterocycles. The second kappa shape index (κ2) is 4.29. The van der Waals surface area contributed by atoms with Crippen molar-refractivity contribution in [2.45, 2.75) is 82.5 Å². The quantitative estimate of drug-likeness (QED) is 0.732. The second-order valence-corrected chi connectivity index (χ2v) is 9.40. The highest BCUT2D eigenvalue weighted by Crippen LogP contribution is 2.73. The van der Waals surface area contributed by atoms with Gasteiger partial charge in [0, 0.05) is 11.8 Å². The van der Waals surface area contributed by atoms with Crippen molar-refractivity contribution in [3.05, 3.63) is 0 Å². The van der Waals surface area contributed by atoms with Crippen LogP contribution in [0.4, 0.5) is 0 Å². The van der Waals surface area contributed by atoms with Crippen molar-refractivity contribution in [2.75, 3.05) is 6.61 Å². The Morgan fingerprint density at radius 3 is 2.77 bits per heavy atom. The van der Waals surface area contributed by atoms with Gasteiger partial charge in [0.25, 0.3) is 0 Å². The van der Waals surface area contributed by atoms with Gasteiger partial charge in [0.2, 0.25) is 0 Å². The maximum Gasteiger partial charge on any atom is 0.105 e. The van der Waals surface area contributed by atoms with E-state index in [2.05, 4.69) is 6.92 Å². The summed E-state index contributed by atoms with van der Waals surface area (Å²) in [6.45, 7) is 2.79. The van der Waals surface area contributed by atoms with Crippen LogP contribution in [0.2, 0.25) is 0 Å². The largest absolute Gasteiger partial charge is 0.396 e. The van der Waals surface area contributed by atoms with E-state index in [4.69, 9.17) is 4.74 Å². The first-order chi connectivity index (χ1) is 10.5. The maximum atomic E-state index is 10.4. The molecule has 22 heavy (non-hydrogen) atoms. The highest BCUT2D eigenvalue weighted by atomic mass is 16.6. The lowest BCUT2D eigenvalue weighted by molar-refractivity contribution is -0.138. The molecule has 5 rings (SSSR count). The van der Waals surface area contributed by atoms with Gasteiger partial charge in [-0.05, 0) is 68.1 Å². The minimum Gasteiger partial charge on any atom is -0.396 e. The zero-order chi connectivity index (χ0) is 15.2. The number of hydrogen-bond acceptors (Lipinski definition) is 3. The van der Waals surface area contributed by atoms with Crippen molar-refractivity contribution in [3.8, 4) is 0 Å². The van der Waals surface area contributed by atoms with Crippen LogP contribution in [-0.4, -0.2) is 34.6 Å². The van der Waals surface area contributed by atoms with Crippen molar-refractivity contribution in [1.29, 1.82) is 0 Å². The van der Waals surface area contributed by atoms with Gasteiger partial charge < -0.3 is 14.9 Å². The van der Waals surface area contributed by atoms with E-state index in [9.17, 15) is 10.2 Å². The van der Waals surface area contributed by atoms with Crippen LogP contribution >= 0.6 is 0 Å². The normalized spacial score (nSPS) is 62.6. The van der Waals surface area contributed by atoms with Crippen molar-refractivity contribution >= 4 is 0 Å². The molecule has 8 atom stereocenters. The third-order valence-corrected chi connectivity index (χ3v) is 8.82. The van der Waals surface area contributed by atoms with Gasteiger partial charge in [0.15, 0.2) is 0 Å². The third-order valence-electron chi connectivity index (χ3n) is 8.82. The molecule has 2 N–H and O–H groups in total. The zero-order valence-corrected chi connectivity index (χ0v) is 13.8. The van der Waals surface area contributed by atoms with Gasteiger partial charge in [-0.3, -0.25) is 0 Å². The van der Waals surface area contributed by atoms with Crippen molar-refractivity contribution in [1.82, 2.24) is 0 Å².